The zero-order chi connectivity index (χ0) is 22.3. The fourth-order valence-corrected chi connectivity index (χ4v) is 3.60. The molecule has 0 spiro atoms. The molecule has 0 aliphatic heterocycles. The zero-order valence-corrected chi connectivity index (χ0v) is 18.9. The van der Waals surface area contributed by atoms with Crippen molar-refractivity contribution in [2.45, 2.75) is 51.2 Å². The van der Waals surface area contributed by atoms with E-state index < -0.39 is 0 Å². The largest absolute Gasteiger partial charge is 0.326 e. The number of carbonyl (C=O) groups excluding carboxylic acids is 3. The van der Waals surface area contributed by atoms with Crippen molar-refractivity contribution in [3.63, 3.8) is 0 Å². The summed E-state index contributed by atoms with van der Waals surface area (Å²) in [5.74, 6) is -0.304. The highest BCUT2D eigenvalue weighted by molar-refractivity contribution is 8.00. The molecular formula is C23H29N3O3S. The first-order valence-electron chi connectivity index (χ1n) is 9.77. The smallest absolute Gasteiger partial charge is 0.237 e. The van der Waals surface area contributed by atoms with E-state index in [4.69, 9.17) is 0 Å². The van der Waals surface area contributed by atoms with Gasteiger partial charge in [-0.15, -0.1) is 11.8 Å². The Balaban J connectivity index is 1.93. The third-order valence-electron chi connectivity index (χ3n) is 3.96. The Morgan fingerprint density at radius 1 is 0.900 bits per heavy atom. The second-order valence-corrected chi connectivity index (χ2v) is 9.74. The van der Waals surface area contributed by atoms with Crippen molar-refractivity contribution in [3.8, 4) is 0 Å². The molecular weight excluding hydrogens is 398 g/mol. The molecule has 0 bridgehead atoms. The molecule has 3 amide bonds. The molecule has 2 aromatic rings. The van der Waals surface area contributed by atoms with Crippen LogP contribution in [0.4, 0.5) is 17.1 Å². The predicted molar refractivity (Wildman–Crippen MR) is 124 cm³/mol. The maximum Gasteiger partial charge on any atom is 0.237 e. The van der Waals surface area contributed by atoms with Gasteiger partial charge >= 0.3 is 0 Å². The van der Waals surface area contributed by atoms with Gasteiger partial charge in [-0.25, -0.2) is 0 Å². The molecule has 6 nitrogen and oxygen atoms in total. The number of benzene rings is 2. The third kappa shape index (κ3) is 8.29. The van der Waals surface area contributed by atoms with Gasteiger partial charge in [0.2, 0.25) is 17.7 Å². The van der Waals surface area contributed by atoms with Crippen LogP contribution < -0.4 is 16.0 Å². The Morgan fingerprint density at radius 3 is 2.07 bits per heavy atom. The third-order valence-corrected chi connectivity index (χ3v) is 5.06. The SMILES string of the molecule is CC(=O)Nc1ccc(NC(=O)C(C)Sc2cccc(NC(=O)CC(C)(C)C)c2)cc1. The van der Waals surface area contributed by atoms with E-state index >= 15 is 0 Å². The molecule has 0 aromatic heterocycles. The fraction of sp³-hybridized carbons (Fsp3) is 0.348. The lowest BCUT2D eigenvalue weighted by Gasteiger charge is -2.17. The Kier molecular flexibility index (Phi) is 8.06. The van der Waals surface area contributed by atoms with Crippen LogP contribution in [0.2, 0.25) is 0 Å². The summed E-state index contributed by atoms with van der Waals surface area (Å²) in [7, 11) is 0. The molecule has 0 aliphatic rings. The molecule has 0 saturated heterocycles. The molecule has 0 aliphatic carbocycles. The number of anilines is 3. The van der Waals surface area contributed by atoms with Gasteiger partial charge in [0.1, 0.15) is 0 Å². The van der Waals surface area contributed by atoms with Crippen molar-refractivity contribution in [1.82, 2.24) is 0 Å². The maximum absolute atomic E-state index is 12.5. The van der Waals surface area contributed by atoms with Gasteiger partial charge in [0.15, 0.2) is 0 Å². The maximum atomic E-state index is 12.5. The van der Waals surface area contributed by atoms with Crippen LogP contribution in [0.5, 0.6) is 0 Å². The van der Waals surface area contributed by atoms with Gasteiger partial charge < -0.3 is 16.0 Å². The van der Waals surface area contributed by atoms with Crippen LogP contribution in [-0.2, 0) is 14.4 Å². The van der Waals surface area contributed by atoms with Gasteiger partial charge in [-0.05, 0) is 54.8 Å². The van der Waals surface area contributed by atoms with E-state index in [-0.39, 0.29) is 28.4 Å². The van der Waals surface area contributed by atoms with Crippen LogP contribution in [0.15, 0.2) is 53.4 Å². The van der Waals surface area contributed by atoms with Crippen LogP contribution in [0.25, 0.3) is 0 Å². The fourth-order valence-electron chi connectivity index (χ4n) is 2.68. The summed E-state index contributed by atoms with van der Waals surface area (Å²) in [4.78, 5) is 36.6. The number of hydrogen-bond donors (Lipinski definition) is 3. The number of amides is 3. The van der Waals surface area contributed by atoms with E-state index in [1.807, 2.05) is 52.0 Å². The Hall–Kier alpha value is -2.80. The minimum absolute atomic E-state index is 0.0295. The predicted octanol–water partition coefficient (Wildman–Crippen LogP) is 5.14. The number of hydrogen-bond acceptors (Lipinski definition) is 4. The van der Waals surface area contributed by atoms with E-state index in [9.17, 15) is 14.4 Å². The zero-order valence-electron chi connectivity index (χ0n) is 18.0. The average molecular weight is 428 g/mol. The molecule has 1 atom stereocenters. The van der Waals surface area contributed by atoms with Gasteiger partial charge in [0.25, 0.3) is 0 Å². The van der Waals surface area contributed by atoms with Gasteiger partial charge in [0, 0.05) is 35.3 Å². The van der Waals surface area contributed by atoms with E-state index in [1.54, 1.807) is 24.3 Å². The summed E-state index contributed by atoms with van der Waals surface area (Å²) < 4.78 is 0. The Morgan fingerprint density at radius 2 is 1.50 bits per heavy atom. The monoisotopic (exact) mass is 427 g/mol. The Bertz CT molecular complexity index is 905. The molecule has 7 heteroatoms. The summed E-state index contributed by atoms with van der Waals surface area (Å²) in [6, 6.07) is 14.4. The van der Waals surface area contributed by atoms with Crippen molar-refractivity contribution in [3.05, 3.63) is 48.5 Å². The summed E-state index contributed by atoms with van der Waals surface area (Å²) >= 11 is 1.42. The number of rotatable bonds is 7. The number of nitrogens with one attached hydrogen (secondary N) is 3. The van der Waals surface area contributed by atoms with Gasteiger partial charge in [-0.1, -0.05) is 26.8 Å². The van der Waals surface area contributed by atoms with E-state index in [0.29, 0.717) is 17.8 Å². The molecule has 0 fully saturated rings. The molecule has 1 unspecified atom stereocenters. The van der Waals surface area contributed by atoms with Crippen LogP contribution in [0, 0.1) is 5.41 Å². The van der Waals surface area contributed by atoms with Crippen molar-refractivity contribution in [2.24, 2.45) is 5.41 Å². The first kappa shape index (κ1) is 23.5. The molecule has 0 radical (unpaired) electrons. The lowest BCUT2D eigenvalue weighted by atomic mass is 9.92. The lowest BCUT2D eigenvalue weighted by molar-refractivity contribution is -0.118. The summed E-state index contributed by atoms with van der Waals surface area (Å²) in [5, 5.41) is 8.14. The van der Waals surface area contributed by atoms with Crippen LogP contribution in [0.3, 0.4) is 0 Å². The lowest BCUT2D eigenvalue weighted by Crippen LogP contribution is -2.22. The highest BCUT2D eigenvalue weighted by Crippen LogP contribution is 2.27. The second-order valence-electron chi connectivity index (χ2n) is 8.32. The standard InChI is InChI=1S/C23H29N3O3S/c1-15(22(29)26-18-11-9-17(10-12-18)24-16(2)27)30-20-8-6-7-19(13-20)25-21(28)14-23(3,4)5/h6-13,15H,14H2,1-5H3,(H,24,27)(H,25,28)(H,26,29). The van der Waals surface area contributed by atoms with Gasteiger partial charge in [-0.2, -0.15) is 0 Å². The molecule has 2 rings (SSSR count). The van der Waals surface area contributed by atoms with Crippen LogP contribution in [0.1, 0.15) is 41.0 Å². The van der Waals surface area contributed by atoms with Crippen molar-refractivity contribution >= 4 is 46.5 Å². The number of thioether (sulfide) groups is 1. The molecule has 0 saturated carbocycles. The van der Waals surface area contributed by atoms with Gasteiger partial charge in [0.05, 0.1) is 5.25 Å². The quantitative estimate of drug-likeness (QED) is 0.534. The Labute approximate surface area is 182 Å². The minimum Gasteiger partial charge on any atom is -0.326 e. The van der Waals surface area contributed by atoms with Crippen molar-refractivity contribution in [1.29, 1.82) is 0 Å². The summed E-state index contributed by atoms with van der Waals surface area (Å²) in [6.45, 7) is 9.34. The molecule has 0 heterocycles. The first-order valence-corrected chi connectivity index (χ1v) is 10.6. The molecule has 3 N–H and O–H groups in total. The van der Waals surface area contributed by atoms with E-state index in [1.165, 1.54) is 18.7 Å². The minimum atomic E-state index is -0.333. The van der Waals surface area contributed by atoms with Crippen LogP contribution in [-0.4, -0.2) is 23.0 Å². The second kappa shape index (κ2) is 10.3. The molecule has 160 valence electrons. The first-order chi connectivity index (χ1) is 14.0. The topological polar surface area (TPSA) is 87.3 Å². The van der Waals surface area contributed by atoms with Crippen molar-refractivity contribution < 1.29 is 14.4 Å². The molecule has 30 heavy (non-hydrogen) atoms. The van der Waals surface area contributed by atoms with Crippen LogP contribution >= 0.6 is 11.8 Å². The summed E-state index contributed by atoms with van der Waals surface area (Å²) in [5.41, 5.74) is 1.97. The highest BCUT2D eigenvalue weighted by atomic mass is 32.2. The molecule has 2 aromatic carbocycles. The van der Waals surface area contributed by atoms with Gasteiger partial charge in [-0.3, -0.25) is 14.4 Å². The summed E-state index contributed by atoms with van der Waals surface area (Å²) in [6.07, 6.45) is 0.434. The van der Waals surface area contributed by atoms with E-state index in [2.05, 4.69) is 16.0 Å². The average Bonchev–Trinajstić information content (AvgIpc) is 2.61. The van der Waals surface area contributed by atoms with Crippen molar-refractivity contribution in [2.75, 3.05) is 16.0 Å². The van der Waals surface area contributed by atoms with E-state index in [0.717, 1.165) is 10.6 Å². The highest BCUT2D eigenvalue weighted by Gasteiger charge is 2.17. The normalized spacial score (nSPS) is 12.0. The number of carbonyl (C=O) groups is 3.